The van der Waals surface area contributed by atoms with Gasteiger partial charge >= 0.3 is 0 Å². The molecule has 0 saturated carbocycles. The summed E-state index contributed by atoms with van der Waals surface area (Å²) in [5.41, 5.74) is 1.51. The third-order valence-electron chi connectivity index (χ3n) is 6.12. The van der Waals surface area contributed by atoms with Crippen LogP contribution in [-0.4, -0.2) is 44.3 Å². The number of nitrogens with zero attached hydrogens (tertiary/aromatic N) is 2. The van der Waals surface area contributed by atoms with Gasteiger partial charge < -0.3 is 10.2 Å². The first-order valence-electron chi connectivity index (χ1n) is 12.3. The molecule has 2 amide bonds. The molecule has 3 rings (SSSR count). The first kappa shape index (κ1) is 30.8. The molecule has 0 unspecified atom stereocenters. The van der Waals surface area contributed by atoms with Crippen LogP contribution in [-0.2, 0) is 26.2 Å². The number of likely N-dealkylation sites (N-methyl/N-ethyl adjacent to an activating group) is 1. The normalized spacial score (nSPS) is 12.1. The predicted octanol–water partition coefficient (Wildman–Crippen LogP) is 6.09. The van der Waals surface area contributed by atoms with Crippen molar-refractivity contribution in [2.24, 2.45) is 0 Å². The van der Waals surface area contributed by atoms with Crippen LogP contribution in [0, 0.1) is 6.92 Å². The molecule has 0 fully saturated rings. The molecule has 0 aliphatic heterocycles. The van der Waals surface area contributed by atoms with E-state index in [4.69, 9.17) is 34.8 Å². The molecule has 7 nitrogen and oxygen atoms in total. The minimum atomic E-state index is -4.18. The summed E-state index contributed by atoms with van der Waals surface area (Å²) in [6.45, 7) is 5.14. The van der Waals surface area contributed by atoms with Crippen LogP contribution < -0.4 is 9.62 Å². The van der Waals surface area contributed by atoms with Gasteiger partial charge in [0.15, 0.2) is 0 Å². The van der Waals surface area contributed by atoms with Crippen LogP contribution in [0.15, 0.2) is 71.6 Å². The highest BCUT2D eigenvalue weighted by Gasteiger charge is 2.34. The molecule has 1 N–H and O–H groups in total. The maximum Gasteiger partial charge on any atom is 0.264 e. The number of halogens is 3. The van der Waals surface area contributed by atoms with E-state index in [1.54, 1.807) is 69.3 Å². The van der Waals surface area contributed by atoms with Crippen molar-refractivity contribution in [1.82, 2.24) is 10.2 Å². The van der Waals surface area contributed by atoms with E-state index in [-0.39, 0.29) is 23.0 Å². The van der Waals surface area contributed by atoms with Gasteiger partial charge in [-0.3, -0.25) is 13.9 Å². The van der Waals surface area contributed by atoms with E-state index >= 15 is 0 Å². The van der Waals surface area contributed by atoms with Crippen LogP contribution in [0.4, 0.5) is 5.69 Å². The average Bonchev–Trinajstić information content (AvgIpc) is 2.91. The third-order valence-corrected chi connectivity index (χ3v) is 8.87. The lowest BCUT2D eigenvalue weighted by Crippen LogP contribution is -2.52. The number of benzene rings is 3. The zero-order valence-electron chi connectivity index (χ0n) is 21.8. The monoisotopic (exact) mass is 609 g/mol. The van der Waals surface area contributed by atoms with Crippen LogP contribution >= 0.6 is 34.8 Å². The van der Waals surface area contributed by atoms with E-state index in [1.807, 2.05) is 0 Å². The highest BCUT2D eigenvalue weighted by Crippen LogP contribution is 2.30. The molecule has 0 saturated heterocycles. The van der Waals surface area contributed by atoms with Crippen molar-refractivity contribution < 1.29 is 18.0 Å². The Morgan fingerprint density at radius 1 is 0.923 bits per heavy atom. The summed E-state index contributed by atoms with van der Waals surface area (Å²) >= 11 is 18.5. The highest BCUT2D eigenvalue weighted by atomic mass is 35.5. The first-order valence-corrected chi connectivity index (χ1v) is 14.9. The van der Waals surface area contributed by atoms with E-state index in [9.17, 15) is 18.0 Å². The van der Waals surface area contributed by atoms with Crippen LogP contribution in [0.1, 0.15) is 31.4 Å². The van der Waals surface area contributed by atoms with Crippen LogP contribution in [0.25, 0.3) is 0 Å². The fourth-order valence-electron chi connectivity index (χ4n) is 4.13. The molecule has 0 heterocycles. The van der Waals surface area contributed by atoms with Crippen molar-refractivity contribution in [3.8, 4) is 0 Å². The van der Waals surface area contributed by atoms with Gasteiger partial charge in [-0.25, -0.2) is 8.42 Å². The molecular weight excluding hydrogens is 581 g/mol. The largest absolute Gasteiger partial charge is 0.355 e. The summed E-state index contributed by atoms with van der Waals surface area (Å²) in [6, 6.07) is 16.8. The van der Waals surface area contributed by atoms with Crippen LogP contribution in [0.2, 0.25) is 15.1 Å². The van der Waals surface area contributed by atoms with Gasteiger partial charge in [-0.15, -0.1) is 0 Å². The van der Waals surface area contributed by atoms with Crippen molar-refractivity contribution in [3.63, 3.8) is 0 Å². The van der Waals surface area contributed by atoms with E-state index in [0.29, 0.717) is 39.2 Å². The Bertz CT molecular complexity index is 1440. The molecule has 3 aromatic carbocycles. The fraction of sp³-hybridized carbons (Fsp3) is 0.286. The number of nitrogens with one attached hydrogen (secondary N) is 1. The van der Waals surface area contributed by atoms with Crippen molar-refractivity contribution in [3.05, 3.63) is 92.9 Å². The molecule has 0 aromatic heterocycles. The smallest absolute Gasteiger partial charge is 0.264 e. The molecule has 0 spiro atoms. The molecule has 0 aliphatic carbocycles. The van der Waals surface area contributed by atoms with Crippen LogP contribution in [0.5, 0.6) is 0 Å². The van der Waals surface area contributed by atoms with E-state index in [1.165, 1.54) is 23.1 Å². The minimum Gasteiger partial charge on any atom is -0.355 e. The Morgan fingerprint density at radius 3 is 2.23 bits per heavy atom. The number of carbonyl (C=O) groups is 2. The lowest BCUT2D eigenvalue weighted by Gasteiger charge is -2.33. The molecule has 0 aliphatic rings. The van der Waals surface area contributed by atoms with Crippen molar-refractivity contribution in [2.75, 3.05) is 17.4 Å². The fourth-order valence-corrected chi connectivity index (χ4v) is 6.11. The number of aryl methyl sites for hydroxylation is 1. The number of hydrogen-bond donors (Lipinski definition) is 1. The predicted molar refractivity (Wildman–Crippen MR) is 157 cm³/mol. The van der Waals surface area contributed by atoms with Crippen molar-refractivity contribution in [2.45, 2.75) is 44.7 Å². The zero-order valence-corrected chi connectivity index (χ0v) is 24.9. The molecule has 0 radical (unpaired) electrons. The van der Waals surface area contributed by atoms with Crippen LogP contribution in [0.3, 0.4) is 0 Å². The Balaban J connectivity index is 2.10. The molecule has 208 valence electrons. The van der Waals surface area contributed by atoms with Gasteiger partial charge in [0.1, 0.15) is 12.6 Å². The number of sulfonamides is 1. The lowest BCUT2D eigenvalue weighted by atomic mass is 10.1. The molecule has 0 bridgehead atoms. The van der Waals surface area contributed by atoms with Gasteiger partial charge in [0.05, 0.1) is 20.6 Å². The maximum atomic E-state index is 14.0. The quantitative estimate of drug-likeness (QED) is 0.285. The number of anilines is 1. The number of amides is 2. The summed E-state index contributed by atoms with van der Waals surface area (Å²) in [6.07, 6.45) is 0.306. The van der Waals surface area contributed by atoms with Gasteiger partial charge in [0, 0.05) is 18.1 Å². The second-order valence-electron chi connectivity index (χ2n) is 8.84. The topological polar surface area (TPSA) is 86.8 Å². The standard InChI is InChI=1S/C28H30Cl3N3O4S/c1-4-25(28(36)32-5-2)33(17-20-12-14-23(30)24(31)15-20)27(35)18-34(26-16-21(29)13-11-19(26)3)39(37,38)22-9-7-6-8-10-22/h6-16,25H,4-5,17-18H2,1-3H3,(H,32,36)/t25-/m0/s1. The second-order valence-corrected chi connectivity index (χ2v) is 12.0. The molecule has 11 heteroatoms. The van der Waals surface area contributed by atoms with Gasteiger partial charge in [-0.05, 0) is 67.8 Å². The minimum absolute atomic E-state index is 0.0130. The SMILES string of the molecule is CCNC(=O)[C@H](CC)N(Cc1ccc(Cl)c(Cl)c1)C(=O)CN(c1cc(Cl)ccc1C)S(=O)(=O)c1ccccc1. The van der Waals surface area contributed by atoms with Gasteiger partial charge in [0.25, 0.3) is 10.0 Å². The third kappa shape index (κ3) is 7.45. The summed E-state index contributed by atoms with van der Waals surface area (Å²) in [7, 11) is -4.18. The Labute approximate surface area is 244 Å². The van der Waals surface area contributed by atoms with Crippen molar-refractivity contribution >= 4 is 62.3 Å². The van der Waals surface area contributed by atoms with E-state index in [2.05, 4.69) is 5.32 Å². The number of hydrogen-bond acceptors (Lipinski definition) is 4. The number of carbonyl (C=O) groups excluding carboxylic acids is 2. The average molecular weight is 611 g/mol. The Morgan fingerprint density at radius 2 is 1.62 bits per heavy atom. The Hall–Kier alpha value is -2.78. The number of rotatable bonds is 11. The Kier molecular flexibility index (Phi) is 10.7. The molecule has 3 aromatic rings. The second kappa shape index (κ2) is 13.5. The van der Waals surface area contributed by atoms with Gasteiger partial charge in [0.2, 0.25) is 11.8 Å². The molecular formula is C28H30Cl3N3O4S. The van der Waals surface area contributed by atoms with Gasteiger partial charge in [-0.2, -0.15) is 0 Å². The zero-order chi connectivity index (χ0) is 28.7. The van der Waals surface area contributed by atoms with E-state index < -0.39 is 28.5 Å². The summed E-state index contributed by atoms with van der Waals surface area (Å²) < 4.78 is 28.8. The first-order chi connectivity index (χ1) is 18.5. The highest BCUT2D eigenvalue weighted by molar-refractivity contribution is 7.92. The molecule has 1 atom stereocenters. The maximum absolute atomic E-state index is 14.0. The summed E-state index contributed by atoms with van der Waals surface area (Å²) in [5.74, 6) is -0.914. The molecule has 39 heavy (non-hydrogen) atoms. The van der Waals surface area contributed by atoms with Crippen molar-refractivity contribution in [1.29, 1.82) is 0 Å². The van der Waals surface area contributed by atoms with Gasteiger partial charge in [-0.1, -0.05) is 72.1 Å². The van der Waals surface area contributed by atoms with E-state index in [0.717, 1.165) is 4.31 Å². The summed E-state index contributed by atoms with van der Waals surface area (Å²) in [5, 5.41) is 3.74. The lowest BCUT2D eigenvalue weighted by molar-refractivity contribution is -0.140. The summed E-state index contributed by atoms with van der Waals surface area (Å²) in [4.78, 5) is 28.4.